The van der Waals surface area contributed by atoms with Gasteiger partial charge >= 0.3 is 0 Å². The van der Waals surface area contributed by atoms with Crippen molar-refractivity contribution in [2.45, 2.75) is 33.4 Å². The summed E-state index contributed by atoms with van der Waals surface area (Å²) in [5.74, 6) is 0.651. The minimum atomic E-state index is -0.249. The Labute approximate surface area is 144 Å². The number of hydrogen-bond acceptors (Lipinski definition) is 3. The standard InChI is InChI=1S/C20H26N2O2/c1-5-24-19-9-7-6-8-18(19)21-20(23)16(3)22(4)14-17-12-10-15(2)11-13-17/h6-13,16H,5,14H2,1-4H3,(H,21,23)/t16-/m1/s1. The van der Waals surface area contributed by atoms with Gasteiger partial charge in [-0.2, -0.15) is 0 Å². The largest absolute Gasteiger partial charge is 0.492 e. The molecule has 0 saturated heterocycles. The lowest BCUT2D eigenvalue weighted by Crippen LogP contribution is -2.39. The van der Waals surface area contributed by atoms with E-state index in [4.69, 9.17) is 4.74 Å². The van der Waals surface area contributed by atoms with Crippen LogP contribution in [0.2, 0.25) is 0 Å². The topological polar surface area (TPSA) is 41.6 Å². The van der Waals surface area contributed by atoms with Crippen LogP contribution < -0.4 is 10.1 Å². The van der Waals surface area contributed by atoms with Gasteiger partial charge in [0.15, 0.2) is 0 Å². The molecule has 2 aromatic rings. The van der Waals surface area contributed by atoms with Gasteiger partial charge in [0.05, 0.1) is 18.3 Å². The van der Waals surface area contributed by atoms with Crippen molar-refractivity contribution in [3.05, 3.63) is 59.7 Å². The molecule has 0 heterocycles. The van der Waals surface area contributed by atoms with Gasteiger partial charge in [-0.05, 0) is 45.5 Å². The first kappa shape index (κ1) is 18.0. The number of carbonyl (C=O) groups is 1. The van der Waals surface area contributed by atoms with Gasteiger partial charge in [-0.3, -0.25) is 9.69 Å². The Balaban J connectivity index is 1.99. The Morgan fingerprint density at radius 1 is 1.17 bits per heavy atom. The number of anilines is 1. The maximum Gasteiger partial charge on any atom is 0.241 e. The van der Waals surface area contributed by atoms with E-state index in [0.717, 1.165) is 6.54 Å². The zero-order chi connectivity index (χ0) is 17.5. The number of benzene rings is 2. The number of likely N-dealkylation sites (N-methyl/N-ethyl adjacent to an activating group) is 1. The summed E-state index contributed by atoms with van der Waals surface area (Å²) in [5.41, 5.74) is 3.14. The molecule has 0 aliphatic rings. The third-order valence-corrected chi connectivity index (χ3v) is 4.04. The summed E-state index contributed by atoms with van der Waals surface area (Å²) in [4.78, 5) is 14.6. The zero-order valence-corrected chi connectivity index (χ0v) is 14.9. The molecular weight excluding hydrogens is 300 g/mol. The van der Waals surface area contributed by atoms with Crippen molar-refractivity contribution in [3.63, 3.8) is 0 Å². The van der Waals surface area contributed by atoms with Crippen LogP contribution in [0.4, 0.5) is 5.69 Å². The number of rotatable bonds is 7. The van der Waals surface area contributed by atoms with Crippen LogP contribution in [0, 0.1) is 6.92 Å². The smallest absolute Gasteiger partial charge is 0.241 e. The van der Waals surface area contributed by atoms with Gasteiger partial charge in [-0.25, -0.2) is 0 Å². The highest BCUT2D eigenvalue weighted by Crippen LogP contribution is 2.24. The minimum Gasteiger partial charge on any atom is -0.492 e. The monoisotopic (exact) mass is 326 g/mol. The molecule has 0 aromatic heterocycles. The van der Waals surface area contributed by atoms with E-state index in [1.54, 1.807) is 0 Å². The number of nitrogens with zero attached hydrogens (tertiary/aromatic N) is 1. The average Bonchev–Trinajstić information content (AvgIpc) is 2.58. The maximum absolute atomic E-state index is 12.5. The van der Waals surface area contributed by atoms with Crippen molar-refractivity contribution in [1.82, 2.24) is 4.90 Å². The fourth-order valence-electron chi connectivity index (χ4n) is 2.41. The minimum absolute atomic E-state index is 0.0447. The lowest BCUT2D eigenvalue weighted by Gasteiger charge is -2.24. The van der Waals surface area contributed by atoms with Gasteiger partial charge in [0.25, 0.3) is 0 Å². The Kier molecular flexibility index (Phi) is 6.38. The van der Waals surface area contributed by atoms with Crippen LogP contribution in [0.1, 0.15) is 25.0 Å². The van der Waals surface area contributed by atoms with Crippen molar-refractivity contribution in [3.8, 4) is 5.75 Å². The lowest BCUT2D eigenvalue weighted by molar-refractivity contribution is -0.120. The molecule has 128 valence electrons. The van der Waals surface area contributed by atoms with Crippen molar-refractivity contribution >= 4 is 11.6 Å². The molecule has 2 rings (SSSR count). The van der Waals surface area contributed by atoms with Gasteiger partial charge in [0, 0.05) is 6.54 Å². The second kappa shape index (κ2) is 8.50. The van der Waals surface area contributed by atoms with E-state index >= 15 is 0 Å². The average molecular weight is 326 g/mol. The molecule has 1 atom stereocenters. The number of aryl methyl sites for hydroxylation is 1. The molecule has 0 unspecified atom stereocenters. The molecule has 0 radical (unpaired) electrons. The Morgan fingerprint density at radius 3 is 2.50 bits per heavy atom. The summed E-state index contributed by atoms with van der Waals surface area (Å²) in [6.07, 6.45) is 0. The lowest BCUT2D eigenvalue weighted by atomic mass is 10.1. The molecule has 0 spiro atoms. The van der Waals surface area contributed by atoms with Crippen molar-refractivity contribution < 1.29 is 9.53 Å². The summed E-state index contributed by atoms with van der Waals surface area (Å²) in [6, 6.07) is 15.6. The van der Waals surface area contributed by atoms with Gasteiger partial charge in [-0.1, -0.05) is 42.0 Å². The van der Waals surface area contributed by atoms with Crippen LogP contribution in [0.25, 0.3) is 0 Å². The van der Waals surface area contributed by atoms with Crippen molar-refractivity contribution in [1.29, 1.82) is 0 Å². The first-order valence-electron chi connectivity index (χ1n) is 8.29. The van der Waals surface area contributed by atoms with E-state index < -0.39 is 0 Å². The summed E-state index contributed by atoms with van der Waals surface area (Å²) in [5, 5.41) is 2.97. The first-order chi connectivity index (χ1) is 11.5. The molecule has 4 nitrogen and oxygen atoms in total. The van der Waals surface area contributed by atoms with Crippen LogP contribution in [0.15, 0.2) is 48.5 Å². The number of hydrogen-bond donors (Lipinski definition) is 1. The Bertz CT molecular complexity index is 668. The fourth-order valence-corrected chi connectivity index (χ4v) is 2.41. The van der Waals surface area contributed by atoms with E-state index in [-0.39, 0.29) is 11.9 Å². The van der Waals surface area contributed by atoms with Gasteiger partial charge < -0.3 is 10.1 Å². The van der Waals surface area contributed by atoms with Crippen LogP contribution in [-0.2, 0) is 11.3 Å². The third-order valence-electron chi connectivity index (χ3n) is 4.04. The number of nitrogens with one attached hydrogen (secondary N) is 1. The molecule has 1 amide bonds. The Hall–Kier alpha value is -2.33. The number of carbonyl (C=O) groups excluding carboxylic acids is 1. The van der Waals surface area contributed by atoms with E-state index in [1.807, 2.05) is 50.1 Å². The second-order valence-electron chi connectivity index (χ2n) is 6.00. The van der Waals surface area contributed by atoms with Crippen LogP contribution in [-0.4, -0.2) is 30.5 Å². The molecule has 0 aliphatic heterocycles. The Morgan fingerprint density at radius 2 is 1.83 bits per heavy atom. The van der Waals surface area contributed by atoms with E-state index in [1.165, 1.54) is 11.1 Å². The summed E-state index contributed by atoms with van der Waals surface area (Å²) in [7, 11) is 1.96. The SMILES string of the molecule is CCOc1ccccc1NC(=O)[C@@H](C)N(C)Cc1ccc(C)cc1. The molecule has 2 aromatic carbocycles. The van der Waals surface area contributed by atoms with Gasteiger partial charge in [0.1, 0.15) is 5.75 Å². The number of para-hydroxylation sites is 2. The fraction of sp³-hybridized carbons (Fsp3) is 0.350. The summed E-state index contributed by atoms with van der Waals surface area (Å²) >= 11 is 0. The van der Waals surface area contributed by atoms with Crippen molar-refractivity contribution in [2.75, 3.05) is 19.0 Å². The van der Waals surface area contributed by atoms with Crippen molar-refractivity contribution in [2.24, 2.45) is 0 Å². The maximum atomic E-state index is 12.5. The van der Waals surface area contributed by atoms with Crippen LogP contribution in [0.3, 0.4) is 0 Å². The first-order valence-corrected chi connectivity index (χ1v) is 8.29. The highest BCUT2D eigenvalue weighted by Gasteiger charge is 2.19. The third kappa shape index (κ3) is 4.83. The molecule has 0 fully saturated rings. The van der Waals surface area contributed by atoms with E-state index in [2.05, 4.69) is 36.5 Å². The summed E-state index contributed by atoms with van der Waals surface area (Å²) < 4.78 is 5.56. The van der Waals surface area contributed by atoms with E-state index in [0.29, 0.717) is 18.0 Å². The quantitative estimate of drug-likeness (QED) is 0.840. The second-order valence-corrected chi connectivity index (χ2v) is 6.00. The molecule has 4 heteroatoms. The molecule has 0 aliphatic carbocycles. The predicted molar refractivity (Wildman–Crippen MR) is 98.3 cm³/mol. The molecule has 0 saturated carbocycles. The van der Waals surface area contributed by atoms with Crippen LogP contribution >= 0.6 is 0 Å². The molecule has 0 bridgehead atoms. The number of amides is 1. The molecular formula is C20H26N2O2. The molecule has 24 heavy (non-hydrogen) atoms. The normalized spacial score (nSPS) is 12.0. The van der Waals surface area contributed by atoms with Gasteiger partial charge in [0.2, 0.25) is 5.91 Å². The highest BCUT2D eigenvalue weighted by atomic mass is 16.5. The molecule has 1 N–H and O–H groups in total. The van der Waals surface area contributed by atoms with Gasteiger partial charge in [-0.15, -0.1) is 0 Å². The summed E-state index contributed by atoms with van der Waals surface area (Å²) in [6.45, 7) is 7.19. The zero-order valence-electron chi connectivity index (χ0n) is 14.9. The highest BCUT2D eigenvalue weighted by molar-refractivity contribution is 5.95. The van der Waals surface area contributed by atoms with E-state index in [9.17, 15) is 4.79 Å². The van der Waals surface area contributed by atoms with Crippen LogP contribution in [0.5, 0.6) is 5.75 Å². The predicted octanol–water partition coefficient (Wildman–Crippen LogP) is 3.85. The number of ether oxygens (including phenoxy) is 1.